The van der Waals surface area contributed by atoms with Crippen molar-refractivity contribution in [3.05, 3.63) is 16.0 Å². The number of hydrogen-bond donors (Lipinski definition) is 1. The van der Waals surface area contributed by atoms with Crippen molar-refractivity contribution in [2.45, 2.75) is 26.9 Å². The van der Waals surface area contributed by atoms with Gasteiger partial charge in [-0.25, -0.2) is 9.97 Å². The maximum atomic E-state index is 5.42. The summed E-state index contributed by atoms with van der Waals surface area (Å²) in [7, 11) is 3.53. The van der Waals surface area contributed by atoms with Crippen LogP contribution < -0.4 is 5.32 Å². The van der Waals surface area contributed by atoms with Gasteiger partial charge in [0.15, 0.2) is 5.82 Å². The Bertz CT molecular complexity index is 368. The van der Waals surface area contributed by atoms with E-state index in [9.17, 15) is 0 Å². The van der Waals surface area contributed by atoms with Crippen LogP contribution in [0.25, 0.3) is 0 Å². The lowest BCUT2D eigenvalue weighted by Gasteiger charge is -2.19. The number of anilines is 1. The van der Waals surface area contributed by atoms with Crippen LogP contribution in [0, 0.1) is 12.8 Å². The summed E-state index contributed by atoms with van der Waals surface area (Å²) in [6, 6.07) is 0. The fraction of sp³-hybridized carbons (Fsp3) is 0.636. The van der Waals surface area contributed by atoms with E-state index in [-0.39, 0.29) is 6.10 Å². The van der Waals surface area contributed by atoms with Crippen LogP contribution >= 0.6 is 15.9 Å². The van der Waals surface area contributed by atoms with Gasteiger partial charge in [-0.1, -0.05) is 13.8 Å². The molecule has 0 amide bonds. The number of nitrogens with one attached hydrogen (secondary N) is 1. The highest BCUT2D eigenvalue weighted by Crippen LogP contribution is 2.28. The Kier molecular flexibility index (Phi) is 4.68. The molecule has 0 saturated heterocycles. The summed E-state index contributed by atoms with van der Waals surface area (Å²) < 4.78 is 6.32. The van der Waals surface area contributed by atoms with E-state index in [1.807, 2.05) is 14.0 Å². The molecule has 5 heteroatoms. The van der Waals surface area contributed by atoms with E-state index in [1.54, 1.807) is 7.11 Å². The molecule has 0 spiro atoms. The Labute approximate surface area is 105 Å². The fourth-order valence-corrected chi connectivity index (χ4v) is 1.93. The maximum Gasteiger partial charge on any atom is 0.160 e. The van der Waals surface area contributed by atoms with Crippen LogP contribution in [-0.4, -0.2) is 24.1 Å². The average Bonchev–Trinajstić information content (AvgIpc) is 2.23. The molecule has 1 aromatic rings. The van der Waals surface area contributed by atoms with Gasteiger partial charge in [-0.2, -0.15) is 0 Å². The van der Waals surface area contributed by atoms with Crippen molar-refractivity contribution in [3.63, 3.8) is 0 Å². The monoisotopic (exact) mass is 287 g/mol. The van der Waals surface area contributed by atoms with Crippen LogP contribution in [0.2, 0.25) is 0 Å². The Morgan fingerprint density at radius 1 is 1.31 bits per heavy atom. The van der Waals surface area contributed by atoms with Crippen LogP contribution in [0.4, 0.5) is 5.82 Å². The number of hydrogen-bond acceptors (Lipinski definition) is 4. The lowest BCUT2D eigenvalue weighted by molar-refractivity contribution is 0.0574. The average molecular weight is 288 g/mol. The quantitative estimate of drug-likeness (QED) is 0.925. The van der Waals surface area contributed by atoms with Gasteiger partial charge in [0.05, 0.1) is 10.2 Å². The number of aromatic nitrogens is 2. The topological polar surface area (TPSA) is 47.0 Å². The van der Waals surface area contributed by atoms with Crippen LogP contribution in [0.3, 0.4) is 0 Å². The minimum Gasteiger partial charge on any atom is -0.373 e. The third-order valence-electron chi connectivity index (χ3n) is 2.38. The maximum absolute atomic E-state index is 5.42. The zero-order valence-corrected chi connectivity index (χ0v) is 11.9. The minimum atomic E-state index is -0.0705. The van der Waals surface area contributed by atoms with Gasteiger partial charge >= 0.3 is 0 Å². The lowest BCUT2D eigenvalue weighted by Crippen LogP contribution is -2.15. The molecular formula is C11H18BrN3O. The fourth-order valence-electron chi connectivity index (χ4n) is 1.55. The molecule has 1 atom stereocenters. The van der Waals surface area contributed by atoms with Gasteiger partial charge < -0.3 is 10.1 Å². The Balaban J connectivity index is 3.19. The third kappa shape index (κ3) is 2.71. The summed E-state index contributed by atoms with van der Waals surface area (Å²) in [6.07, 6.45) is -0.0705. The van der Waals surface area contributed by atoms with Gasteiger partial charge in [-0.3, -0.25) is 0 Å². The molecule has 0 aliphatic carbocycles. The summed E-state index contributed by atoms with van der Waals surface area (Å²) in [4.78, 5) is 8.90. The molecule has 0 saturated carbocycles. The number of nitrogens with zero attached hydrogens (tertiary/aromatic N) is 2. The number of rotatable bonds is 4. The predicted octanol–water partition coefficient (Wildman–Crippen LogP) is 2.93. The second-order valence-electron chi connectivity index (χ2n) is 3.98. The van der Waals surface area contributed by atoms with Crippen molar-refractivity contribution in [1.82, 2.24) is 9.97 Å². The molecular weight excluding hydrogens is 270 g/mol. The molecule has 1 heterocycles. The second kappa shape index (κ2) is 5.59. The van der Waals surface area contributed by atoms with Crippen molar-refractivity contribution in [2.75, 3.05) is 19.5 Å². The summed E-state index contributed by atoms with van der Waals surface area (Å²) in [6.45, 7) is 6.13. The van der Waals surface area contributed by atoms with Crippen molar-refractivity contribution in [2.24, 2.45) is 5.92 Å². The van der Waals surface area contributed by atoms with E-state index < -0.39 is 0 Å². The van der Waals surface area contributed by atoms with Crippen molar-refractivity contribution >= 4 is 21.7 Å². The molecule has 1 N–H and O–H groups in total. The van der Waals surface area contributed by atoms with Crippen molar-refractivity contribution in [3.8, 4) is 0 Å². The smallest absolute Gasteiger partial charge is 0.160 e. The molecule has 0 bridgehead atoms. The first-order valence-corrected chi connectivity index (χ1v) is 6.05. The first kappa shape index (κ1) is 13.4. The number of aryl methyl sites for hydroxylation is 1. The van der Waals surface area contributed by atoms with Crippen LogP contribution in [0.5, 0.6) is 0 Å². The SMILES string of the molecule is CNc1nc(C(OC)C(C)C)nc(C)c1Br. The van der Waals surface area contributed by atoms with Gasteiger partial charge in [0, 0.05) is 14.2 Å². The zero-order chi connectivity index (χ0) is 12.3. The van der Waals surface area contributed by atoms with Gasteiger partial charge in [0.25, 0.3) is 0 Å². The normalized spacial score (nSPS) is 12.9. The Hall–Kier alpha value is -0.680. The molecule has 0 aromatic carbocycles. The Morgan fingerprint density at radius 3 is 2.38 bits per heavy atom. The molecule has 1 unspecified atom stereocenters. The molecule has 4 nitrogen and oxygen atoms in total. The zero-order valence-electron chi connectivity index (χ0n) is 10.3. The highest BCUT2D eigenvalue weighted by atomic mass is 79.9. The second-order valence-corrected chi connectivity index (χ2v) is 4.77. The van der Waals surface area contributed by atoms with E-state index in [0.29, 0.717) is 5.92 Å². The summed E-state index contributed by atoms with van der Waals surface area (Å²) >= 11 is 3.45. The molecule has 0 aliphatic rings. The third-order valence-corrected chi connectivity index (χ3v) is 3.33. The molecule has 0 fully saturated rings. The molecule has 1 aromatic heterocycles. The Morgan fingerprint density at radius 2 is 1.94 bits per heavy atom. The highest BCUT2D eigenvalue weighted by molar-refractivity contribution is 9.10. The molecule has 1 rings (SSSR count). The molecule has 90 valence electrons. The molecule has 16 heavy (non-hydrogen) atoms. The first-order chi connectivity index (χ1) is 7.51. The van der Waals surface area contributed by atoms with E-state index in [0.717, 1.165) is 21.8 Å². The van der Waals surface area contributed by atoms with Gasteiger partial charge in [0.2, 0.25) is 0 Å². The standard InChI is InChI=1S/C11H18BrN3O/c1-6(2)9(16-5)11-14-7(3)8(12)10(13-4)15-11/h6,9H,1-5H3,(H,13,14,15). The van der Waals surface area contributed by atoms with Crippen molar-refractivity contribution in [1.29, 1.82) is 0 Å². The van der Waals surface area contributed by atoms with Crippen LogP contribution in [0.1, 0.15) is 31.5 Å². The van der Waals surface area contributed by atoms with Crippen LogP contribution in [-0.2, 0) is 4.74 Å². The van der Waals surface area contributed by atoms with E-state index >= 15 is 0 Å². The predicted molar refractivity (Wildman–Crippen MR) is 68.6 cm³/mol. The van der Waals surface area contributed by atoms with Gasteiger partial charge in [0.1, 0.15) is 11.9 Å². The first-order valence-electron chi connectivity index (χ1n) is 5.25. The lowest BCUT2D eigenvalue weighted by atomic mass is 10.1. The summed E-state index contributed by atoms with van der Waals surface area (Å²) in [5, 5.41) is 3.04. The number of methoxy groups -OCH3 is 1. The van der Waals surface area contributed by atoms with E-state index in [2.05, 4.69) is 45.1 Å². The highest BCUT2D eigenvalue weighted by Gasteiger charge is 2.20. The van der Waals surface area contributed by atoms with E-state index in [4.69, 9.17) is 4.74 Å². The van der Waals surface area contributed by atoms with Crippen molar-refractivity contribution < 1.29 is 4.74 Å². The largest absolute Gasteiger partial charge is 0.373 e. The van der Waals surface area contributed by atoms with Gasteiger partial charge in [-0.15, -0.1) is 0 Å². The summed E-state index contributed by atoms with van der Waals surface area (Å²) in [5.41, 5.74) is 0.914. The molecule has 0 aliphatic heterocycles. The minimum absolute atomic E-state index is 0.0705. The molecule has 0 radical (unpaired) electrons. The van der Waals surface area contributed by atoms with Gasteiger partial charge in [-0.05, 0) is 28.8 Å². The van der Waals surface area contributed by atoms with Crippen LogP contribution in [0.15, 0.2) is 4.47 Å². The summed E-state index contributed by atoms with van der Waals surface area (Å²) in [5.74, 6) is 1.86. The number of halogens is 1. The van der Waals surface area contributed by atoms with E-state index in [1.165, 1.54) is 0 Å². The number of ether oxygens (including phenoxy) is 1.